The average Bonchev–Trinajstić information content (AvgIpc) is 2.68. The van der Waals surface area contributed by atoms with Gasteiger partial charge in [-0.3, -0.25) is 4.79 Å². The molecule has 27 heavy (non-hydrogen) atoms. The summed E-state index contributed by atoms with van der Waals surface area (Å²) in [6.07, 6.45) is 1.20. The molecule has 0 fully saturated rings. The van der Waals surface area contributed by atoms with Gasteiger partial charge in [0.1, 0.15) is 5.75 Å². The first-order chi connectivity index (χ1) is 13.1. The zero-order valence-corrected chi connectivity index (χ0v) is 16.3. The van der Waals surface area contributed by atoms with Crippen LogP contribution in [0.2, 0.25) is 0 Å². The predicted molar refractivity (Wildman–Crippen MR) is 105 cm³/mol. The van der Waals surface area contributed by atoms with Gasteiger partial charge in [-0.1, -0.05) is 12.1 Å². The van der Waals surface area contributed by atoms with E-state index >= 15 is 0 Å². The van der Waals surface area contributed by atoms with Crippen molar-refractivity contribution in [3.8, 4) is 17.2 Å². The molecule has 0 N–H and O–H groups in total. The molecule has 0 saturated heterocycles. The van der Waals surface area contributed by atoms with E-state index in [1.54, 1.807) is 7.11 Å². The second kappa shape index (κ2) is 8.80. The van der Waals surface area contributed by atoms with E-state index in [2.05, 4.69) is 6.07 Å². The zero-order valence-electron chi connectivity index (χ0n) is 16.3. The van der Waals surface area contributed by atoms with Crippen LogP contribution in [0.15, 0.2) is 36.4 Å². The molecule has 0 unspecified atom stereocenters. The number of nitrogens with zero attached hydrogens (tertiary/aromatic N) is 1. The molecule has 5 heteroatoms. The summed E-state index contributed by atoms with van der Waals surface area (Å²) >= 11 is 0. The topological polar surface area (TPSA) is 48.0 Å². The Labute approximate surface area is 160 Å². The lowest BCUT2D eigenvalue weighted by molar-refractivity contribution is -0.131. The van der Waals surface area contributed by atoms with Crippen LogP contribution in [0, 0.1) is 0 Å². The maximum Gasteiger partial charge on any atom is 0.227 e. The number of carbonyl (C=O) groups excluding carboxylic acids is 1. The van der Waals surface area contributed by atoms with E-state index in [0.717, 1.165) is 41.3 Å². The molecular weight excluding hydrogens is 342 g/mol. The highest BCUT2D eigenvalue weighted by Gasteiger charge is 2.23. The summed E-state index contributed by atoms with van der Waals surface area (Å²) in [5.41, 5.74) is 3.33. The summed E-state index contributed by atoms with van der Waals surface area (Å²) in [6.45, 7) is 6.43. The quantitative estimate of drug-likeness (QED) is 0.748. The molecular formula is C22H27NO4. The molecule has 2 aromatic carbocycles. The van der Waals surface area contributed by atoms with Crippen LogP contribution in [0.4, 0.5) is 0 Å². The van der Waals surface area contributed by atoms with Gasteiger partial charge in [-0.15, -0.1) is 0 Å². The fraction of sp³-hybridized carbons (Fsp3) is 0.409. The highest BCUT2D eigenvalue weighted by Crippen LogP contribution is 2.34. The normalized spacial score (nSPS) is 13.1. The van der Waals surface area contributed by atoms with Gasteiger partial charge in [0, 0.05) is 13.1 Å². The Kier molecular flexibility index (Phi) is 6.22. The van der Waals surface area contributed by atoms with E-state index < -0.39 is 0 Å². The minimum atomic E-state index is 0.126. The Morgan fingerprint density at radius 1 is 1.04 bits per heavy atom. The molecule has 0 atom stereocenters. The first kappa shape index (κ1) is 19.1. The van der Waals surface area contributed by atoms with Crippen molar-refractivity contribution in [1.29, 1.82) is 0 Å². The first-order valence-electron chi connectivity index (χ1n) is 9.46. The van der Waals surface area contributed by atoms with Crippen LogP contribution < -0.4 is 14.2 Å². The van der Waals surface area contributed by atoms with Crippen molar-refractivity contribution in [2.45, 2.75) is 33.2 Å². The fourth-order valence-corrected chi connectivity index (χ4v) is 3.38. The molecule has 0 saturated carbocycles. The number of benzene rings is 2. The second-order valence-corrected chi connectivity index (χ2v) is 6.53. The lowest BCUT2D eigenvalue weighted by Gasteiger charge is -2.30. The van der Waals surface area contributed by atoms with Gasteiger partial charge in [0.05, 0.1) is 26.7 Å². The summed E-state index contributed by atoms with van der Waals surface area (Å²) in [5.74, 6) is 2.43. The molecule has 1 amide bonds. The molecule has 0 spiro atoms. The van der Waals surface area contributed by atoms with Crippen molar-refractivity contribution < 1.29 is 19.0 Å². The summed E-state index contributed by atoms with van der Waals surface area (Å²) in [6, 6.07) is 11.8. The SMILES string of the molecule is CCOc1cc2c(cc1OCC)CN(C(=O)Cc1cccc(OC)c1)CC2. The van der Waals surface area contributed by atoms with Crippen molar-refractivity contribution in [3.63, 3.8) is 0 Å². The highest BCUT2D eigenvalue weighted by molar-refractivity contribution is 5.79. The number of amides is 1. The lowest BCUT2D eigenvalue weighted by atomic mass is 9.98. The molecule has 2 aromatic rings. The van der Waals surface area contributed by atoms with E-state index in [-0.39, 0.29) is 5.91 Å². The van der Waals surface area contributed by atoms with E-state index in [1.807, 2.05) is 49.1 Å². The maximum absolute atomic E-state index is 12.8. The third-order valence-corrected chi connectivity index (χ3v) is 4.72. The van der Waals surface area contributed by atoms with Crippen molar-refractivity contribution in [3.05, 3.63) is 53.1 Å². The molecule has 0 aromatic heterocycles. The van der Waals surface area contributed by atoms with Gasteiger partial charge in [-0.2, -0.15) is 0 Å². The number of carbonyl (C=O) groups is 1. The standard InChI is InChI=1S/C22H27NO4/c1-4-26-20-13-17-9-10-23(15-18(17)14-21(20)27-5-2)22(24)12-16-7-6-8-19(11-16)25-3/h6-8,11,13-14H,4-5,9-10,12,15H2,1-3H3. The summed E-state index contributed by atoms with van der Waals surface area (Å²) in [4.78, 5) is 14.7. The van der Waals surface area contributed by atoms with Crippen LogP contribution in [0.3, 0.4) is 0 Å². The minimum absolute atomic E-state index is 0.126. The number of hydrogen-bond acceptors (Lipinski definition) is 4. The number of hydrogen-bond donors (Lipinski definition) is 0. The molecule has 5 nitrogen and oxygen atoms in total. The van der Waals surface area contributed by atoms with Gasteiger partial charge in [0.15, 0.2) is 11.5 Å². The molecule has 0 radical (unpaired) electrons. The molecule has 1 aliphatic heterocycles. The maximum atomic E-state index is 12.8. The predicted octanol–water partition coefficient (Wildman–Crippen LogP) is 3.62. The van der Waals surface area contributed by atoms with E-state index in [0.29, 0.717) is 26.2 Å². The highest BCUT2D eigenvalue weighted by atomic mass is 16.5. The van der Waals surface area contributed by atoms with Crippen molar-refractivity contribution >= 4 is 5.91 Å². The number of ether oxygens (including phenoxy) is 3. The van der Waals surface area contributed by atoms with E-state index in [4.69, 9.17) is 14.2 Å². The van der Waals surface area contributed by atoms with Crippen LogP contribution in [0.5, 0.6) is 17.2 Å². The molecule has 1 aliphatic rings. The average molecular weight is 369 g/mol. The Balaban J connectivity index is 1.74. The Morgan fingerprint density at radius 3 is 2.41 bits per heavy atom. The van der Waals surface area contributed by atoms with Gasteiger partial charge >= 0.3 is 0 Å². The third-order valence-electron chi connectivity index (χ3n) is 4.72. The van der Waals surface area contributed by atoms with E-state index in [1.165, 1.54) is 5.56 Å². The first-order valence-corrected chi connectivity index (χ1v) is 9.46. The van der Waals surface area contributed by atoms with Crippen molar-refractivity contribution in [2.75, 3.05) is 26.9 Å². The Morgan fingerprint density at radius 2 is 1.74 bits per heavy atom. The molecule has 1 heterocycles. The lowest BCUT2D eigenvalue weighted by Crippen LogP contribution is -2.37. The summed E-state index contributed by atoms with van der Waals surface area (Å²) in [7, 11) is 1.63. The van der Waals surface area contributed by atoms with Gasteiger partial charge < -0.3 is 19.1 Å². The van der Waals surface area contributed by atoms with Gasteiger partial charge in [0.2, 0.25) is 5.91 Å². The monoisotopic (exact) mass is 369 g/mol. The largest absolute Gasteiger partial charge is 0.497 e. The van der Waals surface area contributed by atoms with E-state index in [9.17, 15) is 4.79 Å². The smallest absolute Gasteiger partial charge is 0.227 e. The van der Waals surface area contributed by atoms with Crippen LogP contribution in [0.25, 0.3) is 0 Å². The molecule has 0 bridgehead atoms. The van der Waals surface area contributed by atoms with Crippen LogP contribution in [-0.2, 0) is 24.2 Å². The summed E-state index contributed by atoms with van der Waals surface area (Å²) < 4.78 is 16.7. The molecule has 144 valence electrons. The zero-order chi connectivity index (χ0) is 19.2. The number of methoxy groups -OCH3 is 1. The third kappa shape index (κ3) is 4.54. The Bertz CT molecular complexity index is 803. The second-order valence-electron chi connectivity index (χ2n) is 6.53. The number of fused-ring (bicyclic) bond motifs is 1. The number of rotatable bonds is 7. The van der Waals surface area contributed by atoms with Crippen molar-refractivity contribution in [2.24, 2.45) is 0 Å². The minimum Gasteiger partial charge on any atom is -0.497 e. The van der Waals surface area contributed by atoms with Crippen LogP contribution in [-0.4, -0.2) is 37.7 Å². The van der Waals surface area contributed by atoms with Crippen LogP contribution in [0.1, 0.15) is 30.5 Å². The Hall–Kier alpha value is -2.69. The fourth-order valence-electron chi connectivity index (χ4n) is 3.38. The molecule has 0 aliphatic carbocycles. The van der Waals surface area contributed by atoms with Crippen molar-refractivity contribution in [1.82, 2.24) is 4.90 Å². The summed E-state index contributed by atoms with van der Waals surface area (Å²) in [5, 5.41) is 0. The van der Waals surface area contributed by atoms with Crippen LogP contribution >= 0.6 is 0 Å². The van der Waals surface area contributed by atoms with Gasteiger partial charge in [-0.05, 0) is 61.2 Å². The van der Waals surface area contributed by atoms with Gasteiger partial charge in [0.25, 0.3) is 0 Å². The van der Waals surface area contributed by atoms with Gasteiger partial charge in [-0.25, -0.2) is 0 Å². The molecule has 3 rings (SSSR count).